The second-order valence-corrected chi connectivity index (χ2v) is 5.19. The summed E-state index contributed by atoms with van der Waals surface area (Å²) in [6.45, 7) is 2.12. The molecule has 2 aliphatic heterocycles. The van der Waals surface area contributed by atoms with Gasteiger partial charge in [-0.3, -0.25) is 0 Å². The zero-order chi connectivity index (χ0) is 14.1. The van der Waals surface area contributed by atoms with Crippen LogP contribution in [0, 0.1) is 0 Å². The number of amides is 2. The van der Waals surface area contributed by atoms with Gasteiger partial charge in [-0.1, -0.05) is 0 Å². The van der Waals surface area contributed by atoms with Gasteiger partial charge in [0, 0.05) is 19.6 Å². The number of hydrogen-bond acceptors (Lipinski definition) is 4. The lowest BCUT2D eigenvalue weighted by atomic mass is 10.0. The maximum atomic E-state index is 12.5. The Bertz CT molecular complexity index is 529. The normalized spacial score (nSPS) is 22.5. The highest BCUT2D eigenvalue weighted by Gasteiger charge is 2.35. The van der Waals surface area contributed by atoms with Crippen LogP contribution in [0.1, 0.15) is 25.1 Å². The van der Waals surface area contributed by atoms with Crippen LogP contribution in [-0.2, 0) is 17.9 Å². The average molecular weight is 279 g/mol. The molecule has 8 heteroatoms. The molecule has 0 aliphatic carbocycles. The number of piperidine rings is 1. The second kappa shape index (κ2) is 5.10. The average Bonchev–Trinajstić information content (AvgIpc) is 2.93. The Morgan fingerprint density at radius 1 is 1.25 bits per heavy atom. The summed E-state index contributed by atoms with van der Waals surface area (Å²) >= 11 is 0. The molecule has 2 aliphatic rings. The van der Waals surface area contributed by atoms with Crippen LogP contribution < -0.4 is 0 Å². The number of aromatic nitrogens is 3. The van der Waals surface area contributed by atoms with Gasteiger partial charge in [-0.25, -0.2) is 9.59 Å². The smallest absolute Gasteiger partial charge is 0.326 e. The Hall–Kier alpha value is -2.12. The van der Waals surface area contributed by atoms with E-state index in [1.54, 1.807) is 11.2 Å². The van der Waals surface area contributed by atoms with Crippen molar-refractivity contribution in [1.29, 1.82) is 0 Å². The summed E-state index contributed by atoms with van der Waals surface area (Å²) in [5, 5.41) is 17.0. The molecule has 1 atom stereocenters. The molecule has 0 aromatic carbocycles. The minimum Gasteiger partial charge on any atom is -0.480 e. The predicted octanol–water partition coefficient (Wildman–Crippen LogP) is 0.153. The third-order valence-electron chi connectivity index (χ3n) is 3.94. The minimum absolute atomic E-state index is 0.202. The number of carboxylic acid groups (broad SMARTS) is 1. The highest BCUT2D eigenvalue weighted by atomic mass is 16.4. The summed E-state index contributed by atoms with van der Waals surface area (Å²) in [5.74, 6) is -0.174. The van der Waals surface area contributed by atoms with Crippen LogP contribution in [0.3, 0.4) is 0 Å². The van der Waals surface area contributed by atoms with Crippen molar-refractivity contribution >= 4 is 12.0 Å². The van der Waals surface area contributed by atoms with Crippen LogP contribution in [0.4, 0.5) is 4.79 Å². The molecule has 1 aromatic heterocycles. The third kappa shape index (κ3) is 2.21. The fourth-order valence-electron chi connectivity index (χ4n) is 2.83. The molecular formula is C12H17N5O3. The van der Waals surface area contributed by atoms with Crippen LogP contribution in [0.15, 0.2) is 6.33 Å². The SMILES string of the molecule is O=C(O)C1CCCCN1C(=O)N1CCn2cnnc2C1. The predicted molar refractivity (Wildman–Crippen MR) is 67.8 cm³/mol. The number of hydrogen-bond donors (Lipinski definition) is 1. The standard InChI is InChI=1S/C12H17N5O3/c18-11(19)9-3-1-2-4-17(9)12(20)15-5-6-16-8-13-14-10(16)7-15/h8-9H,1-7H2,(H,18,19). The fourth-order valence-corrected chi connectivity index (χ4v) is 2.83. The maximum absolute atomic E-state index is 12.5. The van der Waals surface area contributed by atoms with E-state index in [1.807, 2.05) is 4.57 Å². The van der Waals surface area contributed by atoms with Crippen LogP contribution in [0.5, 0.6) is 0 Å². The Balaban J connectivity index is 1.73. The molecule has 1 fully saturated rings. The van der Waals surface area contributed by atoms with E-state index in [0.29, 0.717) is 32.6 Å². The van der Waals surface area contributed by atoms with Gasteiger partial charge >= 0.3 is 12.0 Å². The summed E-state index contributed by atoms with van der Waals surface area (Å²) in [5.41, 5.74) is 0. The van der Waals surface area contributed by atoms with E-state index in [0.717, 1.165) is 18.7 Å². The second-order valence-electron chi connectivity index (χ2n) is 5.19. The van der Waals surface area contributed by atoms with E-state index < -0.39 is 12.0 Å². The van der Waals surface area contributed by atoms with Crippen LogP contribution >= 0.6 is 0 Å². The molecule has 3 rings (SSSR count). The number of carbonyl (C=O) groups excluding carboxylic acids is 1. The zero-order valence-corrected chi connectivity index (χ0v) is 11.1. The summed E-state index contributed by atoms with van der Waals surface area (Å²) in [6, 6.07) is -0.901. The van der Waals surface area contributed by atoms with Gasteiger partial charge in [-0.05, 0) is 19.3 Å². The van der Waals surface area contributed by atoms with Gasteiger partial charge < -0.3 is 19.5 Å². The van der Waals surface area contributed by atoms with Crippen molar-refractivity contribution in [1.82, 2.24) is 24.6 Å². The molecule has 0 saturated carbocycles. The zero-order valence-electron chi connectivity index (χ0n) is 11.1. The lowest BCUT2D eigenvalue weighted by Crippen LogP contribution is -2.54. The molecule has 108 valence electrons. The van der Waals surface area contributed by atoms with Gasteiger partial charge in [-0.2, -0.15) is 0 Å². The molecule has 20 heavy (non-hydrogen) atoms. The third-order valence-corrected chi connectivity index (χ3v) is 3.94. The van der Waals surface area contributed by atoms with Gasteiger partial charge in [0.25, 0.3) is 0 Å². The van der Waals surface area contributed by atoms with Crippen LogP contribution in [-0.4, -0.2) is 60.8 Å². The summed E-state index contributed by atoms with van der Waals surface area (Å²) in [6.07, 6.45) is 3.90. The maximum Gasteiger partial charge on any atom is 0.326 e. The first kappa shape index (κ1) is 12.9. The fraction of sp³-hybridized carbons (Fsp3) is 0.667. The lowest BCUT2D eigenvalue weighted by Gasteiger charge is -2.38. The van der Waals surface area contributed by atoms with Crippen molar-refractivity contribution in [3.8, 4) is 0 Å². The van der Waals surface area contributed by atoms with Gasteiger partial charge in [0.05, 0.1) is 6.54 Å². The molecule has 1 N–H and O–H groups in total. The molecule has 1 aromatic rings. The molecule has 1 unspecified atom stereocenters. The van der Waals surface area contributed by atoms with Gasteiger partial charge in [0.2, 0.25) is 0 Å². The number of nitrogens with zero attached hydrogens (tertiary/aromatic N) is 5. The monoisotopic (exact) mass is 279 g/mol. The Morgan fingerprint density at radius 2 is 2.10 bits per heavy atom. The van der Waals surface area contributed by atoms with E-state index in [4.69, 9.17) is 0 Å². The summed E-state index contributed by atoms with van der Waals surface area (Å²) in [7, 11) is 0. The van der Waals surface area contributed by atoms with Crippen molar-refractivity contribution in [2.24, 2.45) is 0 Å². The van der Waals surface area contributed by atoms with E-state index in [2.05, 4.69) is 10.2 Å². The van der Waals surface area contributed by atoms with Gasteiger partial charge in [-0.15, -0.1) is 10.2 Å². The lowest BCUT2D eigenvalue weighted by molar-refractivity contribution is -0.143. The van der Waals surface area contributed by atoms with Gasteiger partial charge in [0.15, 0.2) is 5.82 Å². The quantitative estimate of drug-likeness (QED) is 0.790. The first-order valence-corrected chi connectivity index (χ1v) is 6.82. The van der Waals surface area contributed by atoms with E-state index in [-0.39, 0.29) is 6.03 Å². The Labute approximate surface area is 116 Å². The minimum atomic E-state index is -0.918. The molecule has 2 amide bonds. The van der Waals surface area contributed by atoms with E-state index >= 15 is 0 Å². The van der Waals surface area contributed by atoms with Crippen LogP contribution in [0.2, 0.25) is 0 Å². The molecular weight excluding hydrogens is 262 g/mol. The number of rotatable bonds is 1. The first-order valence-electron chi connectivity index (χ1n) is 6.82. The highest BCUT2D eigenvalue weighted by molar-refractivity contribution is 5.83. The van der Waals surface area contributed by atoms with Crippen molar-refractivity contribution in [2.45, 2.75) is 38.4 Å². The number of fused-ring (bicyclic) bond motifs is 1. The van der Waals surface area contributed by atoms with Crippen LogP contribution in [0.25, 0.3) is 0 Å². The molecule has 0 spiro atoms. The number of carbonyl (C=O) groups is 2. The Morgan fingerprint density at radius 3 is 2.90 bits per heavy atom. The van der Waals surface area contributed by atoms with E-state index in [1.165, 1.54) is 4.90 Å². The van der Waals surface area contributed by atoms with Crippen molar-refractivity contribution < 1.29 is 14.7 Å². The molecule has 0 radical (unpaired) electrons. The van der Waals surface area contributed by atoms with Crippen molar-refractivity contribution in [3.63, 3.8) is 0 Å². The molecule has 0 bridgehead atoms. The van der Waals surface area contributed by atoms with Crippen molar-refractivity contribution in [2.75, 3.05) is 13.1 Å². The Kier molecular flexibility index (Phi) is 3.29. The number of likely N-dealkylation sites (tertiary alicyclic amines) is 1. The number of aliphatic carboxylic acids is 1. The van der Waals surface area contributed by atoms with Gasteiger partial charge in [0.1, 0.15) is 12.4 Å². The van der Waals surface area contributed by atoms with E-state index in [9.17, 15) is 14.7 Å². The highest BCUT2D eigenvalue weighted by Crippen LogP contribution is 2.20. The summed E-state index contributed by atoms with van der Waals surface area (Å²) in [4.78, 5) is 26.9. The largest absolute Gasteiger partial charge is 0.480 e. The molecule has 1 saturated heterocycles. The van der Waals surface area contributed by atoms with Crippen molar-refractivity contribution in [3.05, 3.63) is 12.2 Å². The topological polar surface area (TPSA) is 91.6 Å². The molecule has 3 heterocycles. The first-order chi connectivity index (χ1) is 9.66. The number of urea groups is 1. The molecule has 8 nitrogen and oxygen atoms in total. The summed E-state index contributed by atoms with van der Waals surface area (Å²) < 4.78 is 1.91. The number of carboxylic acids is 1.